The maximum absolute atomic E-state index is 13.8. The molecule has 376 valence electrons. The summed E-state index contributed by atoms with van der Waals surface area (Å²) in [6, 6.07) is 5.29. The van der Waals surface area contributed by atoms with Crippen LogP contribution in [-0.4, -0.2) is 148 Å². The molecule has 11 N–H and O–H groups in total. The number of carboxylic acid groups (broad SMARTS) is 2. The molecule has 0 spiro atoms. The van der Waals surface area contributed by atoms with Crippen molar-refractivity contribution in [2.75, 3.05) is 26.2 Å². The molecule has 24 heteroatoms. The number of hydrogen-bond acceptors (Lipinski definition) is 15. The molecule has 2 aromatic rings. The molecule has 6 atom stereocenters. The van der Waals surface area contributed by atoms with Crippen molar-refractivity contribution in [3.63, 3.8) is 0 Å². The van der Waals surface area contributed by atoms with Gasteiger partial charge in [-0.1, -0.05) is 30.3 Å². The van der Waals surface area contributed by atoms with Crippen molar-refractivity contribution < 1.29 is 82.5 Å². The number of aliphatic hydroxyl groups is 2. The fourth-order valence-corrected chi connectivity index (χ4v) is 5.60. The number of aliphatic hydroxyl groups excluding tert-OH is 2. The smallest absolute Gasteiger partial charge is 0.407 e. The van der Waals surface area contributed by atoms with E-state index in [1.807, 2.05) is 0 Å². The minimum atomic E-state index is -1.79. The minimum absolute atomic E-state index is 0.0232. The second-order valence-corrected chi connectivity index (χ2v) is 17.2. The third-order valence-corrected chi connectivity index (χ3v) is 8.82. The van der Waals surface area contributed by atoms with Gasteiger partial charge in [-0.3, -0.25) is 19.2 Å². The maximum atomic E-state index is 13.8. The van der Waals surface area contributed by atoms with Crippen LogP contribution in [0.2, 0.25) is 0 Å². The predicted molar refractivity (Wildman–Crippen MR) is 239 cm³/mol. The molecule has 0 bridgehead atoms. The standard InChI is InChI=1S/C44H63N7O17/c1-24(52)32(36(56)48-30(38(58)59)14-16-45-41(63)67-43(3,4)5)50-34(54)27-20-28(22-29(21-27)65-19-18-47-40(62)66-23-26-12-10-9-11-13-26)35(55)51-33(25(2)53)37(57)49-31(39(60)61)15-17-46-42(64)68-44(6,7)8/h9-13,20-22,24-25,30-33,52-53H,14-19,23H2,1-8H3,(H,45,63)(H,46,64)(H,47,62)(H,48,56)(H,49,57)(H,50,54)(H,51,55)(H,58,59)(H,60,61)/t24-,25-,30+,31+,32+,33+/m1/s1. The van der Waals surface area contributed by atoms with Crippen molar-refractivity contribution >= 4 is 53.8 Å². The predicted octanol–water partition coefficient (Wildman–Crippen LogP) is 0.919. The van der Waals surface area contributed by atoms with Gasteiger partial charge in [-0.05, 0) is 92.0 Å². The molecule has 0 aromatic heterocycles. The van der Waals surface area contributed by atoms with E-state index in [0.29, 0.717) is 0 Å². The van der Waals surface area contributed by atoms with Crippen molar-refractivity contribution in [3.05, 3.63) is 65.2 Å². The van der Waals surface area contributed by atoms with Crippen molar-refractivity contribution in [2.24, 2.45) is 0 Å². The number of carbonyl (C=O) groups is 9. The van der Waals surface area contributed by atoms with Crippen LogP contribution in [0.15, 0.2) is 48.5 Å². The van der Waals surface area contributed by atoms with Crippen LogP contribution in [0.25, 0.3) is 0 Å². The number of hydrogen-bond donors (Lipinski definition) is 11. The summed E-state index contributed by atoms with van der Waals surface area (Å²) in [7, 11) is 0. The molecule has 2 rings (SSSR count). The van der Waals surface area contributed by atoms with Crippen molar-refractivity contribution in [1.29, 1.82) is 0 Å². The van der Waals surface area contributed by atoms with Gasteiger partial charge in [0.1, 0.15) is 54.3 Å². The number of carboxylic acids is 2. The Morgan fingerprint density at radius 2 is 0.985 bits per heavy atom. The molecule has 68 heavy (non-hydrogen) atoms. The Balaban J connectivity index is 2.33. The zero-order valence-corrected chi connectivity index (χ0v) is 39.1. The lowest BCUT2D eigenvalue weighted by atomic mass is 10.1. The van der Waals surface area contributed by atoms with Gasteiger partial charge in [0.25, 0.3) is 11.8 Å². The SMILES string of the molecule is C[C@@H](O)[C@H](NC(=O)c1cc(OCCNC(=O)OCc2ccccc2)cc(C(=O)N[C@H](C(=O)N[C@@H](CCNC(=O)OC(C)(C)C)C(=O)O)[C@@H](C)O)c1)C(=O)N[C@@H](CCNC(=O)OC(C)(C)C)C(=O)O. The molecule has 0 saturated heterocycles. The summed E-state index contributed by atoms with van der Waals surface area (Å²) in [5.41, 5.74) is -1.70. The summed E-state index contributed by atoms with van der Waals surface area (Å²) in [4.78, 5) is 115. The second kappa shape index (κ2) is 26.8. The summed E-state index contributed by atoms with van der Waals surface area (Å²) in [6.45, 7) is 11.1. The first kappa shape index (κ1) is 56.9. The highest BCUT2D eigenvalue weighted by atomic mass is 16.6. The highest BCUT2D eigenvalue weighted by Crippen LogP contribution is 2.19. The van der Waals surface area contributed by atoms with Crippen LogP contribution in [0.3, 0.4) is 0 Å². The van der Waals surface area contributed by atoms with Crippen LogP contribution in [0.1, 0.15) is 94.5 Å². The van der Waals surface area contributed by atoms with Gasteiger partial charge in [-0.25, -0.2) is 24.0 Å². The molecule has 0 heterocycles. The Morgan fingerprint density at radius 1 is 0.574 bits per heavy atom. The Hall–Kier alpha value is -7.21. The van der Waals surface area contributed by atoms with Crippen LogP contribution in [0, 0.1) is 0 Å². The molecule has 0 aliphatic heterocycles. The van der Waals surface area contributed by atoms with E-state index in [4.69, 9.17) is 18.9 Å². The molecule has 0 radical (unpaired) electrons. The first-order valence-corrected chi connectivity index (χ1v) is 21.4. The molecule has 24 nitrogen and oxygen atoms in total. The Bertz CT molecular complexity index is 1960. The van der Waals surface area contributed by atoms with Crippen molar-refractivity contribution in [3.8, 4) is 5.75 Å². The van der Waals surface area contributed by atoms with Gasteiger partial charge in [0, 0.05) is 24.2 Å². The highest BCUT2D eigenvalue weighted by molar-refractivity contribution is 6.03. The van der Waals surface area contributed by atoms with Crippen LogP contribution < -0.4 is 42.0 Å². The Kier molecular flexibility index (Phi) is 22.4. The van der Waals surface area contributed by atoms with E-state index in [1.54, 1.807) is 71.9 Å². The van der Waals surface area contributed by atoms with E-state index in [2.05, 4.69) is 37.2 Å². The van der Waals surface area contributed by atoms with Gasteiger partial charge in [-0.2, -0.15) is 0 Å². The minimum Gasteiger partial charge on any atom is -0.492 e. The zero-order chi connectivity index (χ0) is 51.4. The quantitative estimate of drug-likeness (QED) is 0.0515. The third kappa shape index (κ3) is 21.9. The summed E-state index contributed by atoms with van der Waals surface area (Å²) in [5.74, 6) is -7.65. The molecule has 0 unspecified atom stereocenters. The van der Waals surface area contributed by atoms with E-state index in [-0.39, 0.29) is 62.6 Å². The average molecular weight is 962 g/mol. The Labute approximate surface area is 392 Å². The lowest BCUT2D eigenvalue weighted by molar-refractivity contribution is -0.143. The fourth-order valence-electron chi connectivity index (χ4n) is 5.60. The van der Waals surface area contributed by atoms with Gasteiger partial charge < -0.3 is 76.6 Å². The van der Waals surface area contributed by atoms with E-state index in [1.165, 1.54) is 0 Å². The topological polar surface area (TPSA) is 356 Å². The molecule has 0 aliphatic rings. The van der Waals surface area contributed by atoms with Crippen molar-refractivity contribution in [1.82, 2.24) is 37.2 Å². The lowest BCUT2D eigenvalue weighted by Crippen LogP contribution is -2.56. The van der Waals surface area contributed by atoms with Crippen LogP contribution in [0.5, 0.6) is 5.75 Å². The van der Waals surface area contributed by atoms with E-state index >= 15 is 0 Å². The van der Waals surface area contributed by atoms with Gasteiger partial charge >= 0.3 is 30.2 Å². The largest absolute Gasteiger partial charge is 0.492 e. The van der Waals surface area contributed by atoms with Crippen LogP contribution >= 0.6 is 0 Å². The van der Waals surface area contributed by atoms with E-state index in [0.717, 1.165) is 37.6 Å². The highest BCUT2D eigenvalue weighted by Gasteiger charge is 2.33. The van der Waals surface area contributed by atoms with Crippen LogP contribution in [-0.2, 0) is 40.0 Å². The number of nitrogens with one attached hydrogen (secondary N) is 7. The maximum Gasteiger partial charge on any atom is 0.407 e. The monoisotopic (exact) mass is 961 g/mol. The third-order valence-electron chi connectivity index (χ3n) is 8.82. The number of amides is 7. The zero-order valence-electron chi connectivity index (χ0n) is 39.1. The number of ether oxygens (including phenoxy) is 4. The number of rotatable bonds is 24. The summed E-state index contributed by atoms with van der Waals surface area (Å²) < 4.78 is 21.1. The van der Waals surface area contributed by atoms with Crippen molar-refractivity contribution in [2.45, 2.75) is 122 Å². The molecular weight excluding hydrogens is 899 g/mol. The van der Waals surface area contributed by atoms with Gasteiger partial charge in [0.05, 0.1) is 18.8 Å². The fraction of sp³-hybridized carbons (Fsp3) is 0.523. The van der Waals surface area contributed by atoms with E-state index < -0.39 is 101 Å². The van der Waals surface area contributed by atoms with Crippen LogP contribution in [0.4, 0.5) is 14.4 Å². The molecule has 7 amide bonds. The molecule has 0 fully saturated rings. The van der Waals surface area contributed by atoms with Gasteiger partial charge in [0.2, 0.25) is 11.8 Å². The summed E-state index contributed by atoms with van der Waals surface area (Å²) in [6.07, 6.45) is -6.37. The average Bonchev–Trinajstić information content (AvgIpc) is 3.23. The van der Waals surface area contributed by atoms with E-state index in [9.17, 15) is 63.6 Å². The number of benzene rings is 2. The van der Waals surface area contributed by atoms with Gasteiger partial charge in [0.15, 0.2) is 0 Å². The first-order chi connectivity index (χ1) is 31.6. The number of carbonyl (C=O) groups excluding carboxylic acids is 7. The summed E-state index contributed by atoms with van der Waals surface area (Å²) >= 11 is 0. The molecule has 0 saturated carbocycles. The summed E-state index contributed by atoms with van der Waals surface area (Å²) in [5, 5.41) is 56.8. The number of aliphatic carboxylic acids is 2. The normalized spacial score (nSPS) is 13.9. The molecule has 2 aromatic carbocycles. The number of alkyl carbamates (subject to hydrolysis) is 3. The van der Waals surface area contributed by atoms with Gasteiger partial charge in [-0.15, -0.1) is 0 Å². The lowest BCUT2D eigenvalue weighted by Gasteiger charge is -2.24. The molecule has 0 aliphatic carbocycles. The second-order valence-electron chi connectivity index (χ2n) is 17.2. The first-order valence-electron chi connectivity index (χ1n) is 21.4. The Morgan fingerprint density at radius 3 is 1.37 bits per heavy atom. The molecular formula is C44H63N7O17.